The van der Waals surface area contributed by atoms with E-state index in [2.05, 4.69) is 4.98 Å². The summed E-state index contributed by atoms with van der Waals surface area (Å²) >= 11 is 1.61. The number of rotatable bonds is 3. The van der Waals surface area contributed by atoms with Crippen molar-refractivity contribution >= 4 is 18.0 Å². The van der Waals surface area contributed by atoms with Gasteiger partial charge >= 0.3 is 0 Å². The highest BCUT2D eigenvalue weighted by Crippen LogP contribution is 2.21. The van der Waals surface area contributed by atoms with E-state index < -0.39 is 0 Å². The first-order valence-corrected chi connectivity index (χ1v) is 6.11. The van der Waals surface area contributed by atoms with Crippen molar-refractivity contribution in [3.05, 3.63) is 48.2 Å². The van der Waals surface area contributed by atoms with Gasteiger partial charge in [-0.3, -0.25) is 4.79 Å². The molecule has 0 spiro atoms. The van der Waals surface area contributed by atoms with Crippen molar-refractivity contribution < 1.29 is 4.79 Å². The van der Waals surface area contributed by atoms with Crippen LogP contribution in [0.1, 0.15) is 10.4 Å². The molecule has 2 nitrogen and oxygen atoms in total. The van der Waals surface area contributed by atoms with E-state index in [9.17, 15) is 4.79 Å². The summed E-state index contributed by atoms with van der Waals surface area (Å²) in [5.41, 5.74) is 2.73. The van der Waals surface area contributed by atoms with Crippen LogP contribution in [0.3, 0.4) is 0 Å². The van der Waals surface area contributed by atoms with Crippen LogP contribution in [0.25, 0.3) is 11.1 Å². The van der Waals surface area contributed by atoms with Crippen LogP contribution in [0.2, 0.25) is 0 Å². The molecule has 0 saturated carbocycles. The van der Waals surface area contributed by atoms with Crippen molar-refractivity contribution in [2.24, 2.45) is 0 Å². The van der Waals surface area contributed by atoms with Crippen LogP contribution in [0.5, 0.6) is 0 Å². The number of pyridine rings is 1. The molecule has 0 saturated heterocycles. The molecule has 0 unspecified atom stereocenters. The third kappa shape index (κ3) is 2.31. The molecule has 0 N–H and O–H groups in total. The lowest BCUT2D eigenvalue weighted by atomic mass is 10.1. The monoisotopic (exact) mass is 229 g/mol. The van der Waals surface area contributed by atoms with E-state index in [4.69, 9.17) is 0 Å². The summed E-state index contributed by atoms with van der Waals surface area (Å²) < 4.78 is 0. The third-order valence-corrected chi connectivity index (χ3v) is 2.96. The summed E-state index contributed by atoms with van der Waals surface area (Å²) in [6.45, 7) is 0. The smallest absolute Gasteiger partial charge is 0.150 e. The summed E-state index contributed by atoms with van der Waals surface area (Å²) in [7, 11) is 0. The Hall–Kier alpha value is -1.61. The number of nitrogens with zero attached hydrogens (tertiary/aromatic N) is 1. The van der Waals surface area contributed by atoms with Crippen molar-refractivity contribution in [1.82, 2.24) is 4.98 Å². The molecule has 16 heavy (non-hydrogen) atoms. The maximum Gasteiger partial charge on any atom is 0.150 e. The minimum Gasteiger partial charge on any atom is -0.298 e. The second kappa shape index (κ2) is 4.94. The molecule has 0 fully saturated rings. The van der Waals surface area contributed by atoms with Gasteiger partial charge in [0.2, 0.25) is 0 Å². The van der Waals surface area contributed by atoms with Crippen LogP contribution in [-0.4, -0.2) is 17.5 Å². The van der Waals surface area contributed by atoms with Gasteiger partial charge in [0, 0.05) is 17.3 Å². The van der Waals surface area contributed by atoms with Crippen LogP contribution in [-0.2, 0) is 0 Å². The van der Waals surface area contributed by atoms with Gasteiger partial charge in [0.25, 0.3) is 0 Å². The van der Waals surface area contributed by atoms with Gasteiger partial charge in [-0.15, -0.1) is 11.8 Å². The molecule has 0 aliphatic rings. The van der Waals surface area contributed by atoms with Crippen molar-refractivity contribution in [1.29, 1.82) is 0 Å². The Labute approximate surface area is 98.7 Å². The molecule has 0 amide bonds. The summed E-state index contributed by atoms with van der Waals surface area (Å²) in [6.07, 6.45) is 4.68. The summed E-state index contributed by atoms with van der Waals surface area (Å²) in [6, 6.07) is 11.5. The van der Waals surface area contributed by atoms with Gasteiger partial charge in [-0.25, -0.2) is 4.98 Å². The Kier molecular flexibility index (Phi) is 3.37. The molecule has 0 atom stereocenters. The van der Waals surface area contributed by atoms with E-state index in [1.54, 1.807) is 17.8 Å². The molecule has 1 aromatic carbocycles. The molecular weight excluding hydrogens is 218 g/mol. The van der Waals surface area contributed by atoms with Crippen LogP contribution >= 0.6 is 11.8 Å². The fraction of sp³-hybridized carbons (Fsp3) is 0.0769. The Morgan fingerprint density at radius 2 is 2.06 bits per heavy atom. The lowest BCUT2D eigenvalue weighted by Gasteiger charge is -2.02. The summed E-state index contributed by atoms with van der Waals surface area (Å²) in [4.78, 5) is 15.0. The maximum atomic E-state index is 10.7. The highest BCUT2D eigenvalue weighted by atomic mass is 32.2. The van der Waals surface area contributed by atoms with Crippen LogP contribution in [0.15, 0.2) is 47.6 Å². The molecule has 0 aliphatic heterocycles. The van der Waals surface area contributed by atoms with Gasteiger partial charge in [0.15, 0.2) is 0 Å². The zero-order valence-electron chi connectivity index (χ0n) is 8.88. The van der Waals surface area contributed by atoms with Crippen LogP contribution in [0.4, 0.5) is 0 Å². The molecule has 2 rings (SSSR count). The van der Waals surface area contributed by atoms with Crippen molar-refractivity contribution in [3.63, 3.8) is 0 Å². The molecule has 1 aromatic heterocycles. The molecular formula is C13H11NOS. The number of aromatic nitrogens is 1. The molecule has 80 valence electrons. The van der Waals surface area contributed by atoms with E-state index in [1.165, 1.54) is 0 Å². The highest BCUT2D eigenvalue weighted by Gasteiger charge is 1.99. The first kappa shape index (κ1) is 10.9. The minimum absolute atomic E-state index is 0.687. The van der Waals surface area contributed by atoms with E-state index >= 15 is 0 Å². The molecule has 0 bridgehead atoms. The fourth-order valence-corrected chi connectivity index (χ4v) is 1.83. The van der Waals surface area contributed by atoms with Gasteiger partial charge in [0.05, 0.1) is 5.03 Å². The minimum atomic E-state index is 0.687. The molecule has 0 radical (unpaired) electrons. The molecule has 0 aliphatic carbocycles. The highest BCUT2D eigenvalue weighted by molar-refractivity contribution is 7.98. The molecule has 2 aromatic rings. The van der Waals surface area contributed by atoms with Crippen LogP contribution in [0, 0.1) is 0 Å². The second-order valence-electron chi connectivity index (χ2n) is 3.33. The lowest BCUT2D eigenvalue weighted by molar-refractivity contribution is 0.112. The first-order valence-electron chi connectivity index (χ1n) is 4.89. The Balaban J connectivity index is 2.38. The molecule has 1 heterocycles. The molecule has 3 heteroatoms. The maximum absolute atomic E-state index is 10.7. The largest absolute Gasteiger partial charge is 0.298 e. The lowest BCUT2D eigenvalue weighted by Crippen LogP contribution is -1.84. The third-order valence-electron chi connectivity index (χ3n) is 2.30. The number of thioether (sulfide) groups is 1. The number of carbonyl (C=O) groups excluding carboxylic acids is 1. The van der Waals surface area contributed by atoms with Gasteiger partial charge in [-0.2, -0.15) is 0 Å². The van der Waals surface area contributed by atoms with Crippen molar-refractivity contribution in [2.75, 3.05) is 6.26 Å². The average molecular weight is 229 g/mol. The van der Waals surface area contributed by atoms with Crippen molar-refractivity contribution in [3.8, 4) is 11.1 Å². The Morgan fingerprint density at radius 3 is 2.69 bits per heavy atom. The van der Waals surface area contributed by atoms with E-state index in [0.717, 1.165) is 22.4 Å². The first-order chi connectivity index (χ1) is 7.83. The summed E-state index contributed by atoms with van der Waals surface area (Å²) in [5, 5.41) is 0.996. The standard InChI is InChI=1S/C13H11NOS/c1-16-13-6-5-12(8-14-13)11-4-2-3-10(7-11)9-15/h2-9H,1H3. The van der Waals surface area contributed by atoms with Gasteiger partial charge in [0.1, 0.15) is 6.29 Å². The second-order valence-corrected chi connectivity index (χ2v) is 4.16. The topological polar surface area (TPSA) is 30.0 Å². The number of benzene rings is 1. The SMILES string of the molecule is CSc1ccc(-c2cccc(C=O)c2)cn1. The predicted molar refractivity (Wildman–Crippen MR) is 66.8 cm³/mol. The zero-order valence-corrected chi connectivity index (χ0v) is 9.70. The van der Waals surface area contributed by atoms with E-state index in [0.29, 0.717) is 5.56 Å². The number of hydrogen-bond donors (Lipinski definition) is 0. The van der Waals surface area contributed by atoms with Crippen LogP contribution < -0.4 is 0 Å². The number of carbonyl (C=O) groups is 1. The quantitative estimate of drug-likeness (QED) is 0.597. The normalized spacial score (nSPS) is 10.1. The fourth-order valence-electron chi connectivity index (χ4n) is 1.46. The number of hydrogen-bond acceptors (Lipinski definition) is 3. The van der Waals surface area contributed by atoms with Gasteiger partial charge in [-0.05, 0) is 24.0 Å². The Bertz CT molecular complexity index is 494. The zero-order chi connectivity index (χ0) is 11.4. The predicted octanol–water partition coefficient (Wildman–Crippen LogP) is 3.28. The number of aldehydes is 1. The van der Waals surface area contributed by atoms with Gasteiger partial charge in [-0.1, -0.05) is 24.3 Å². The van der Waals surface area contributed by atoms with Gasteiger partial charge < -0.3 is 0 Å². The Morgan fingerprint density at radius 1 is 1.19 bits per heavy atom. The van der Waals surface area contributed by atoms with E-state index in [1.807, 2.05) is 42.8 Å². The summed E-state index contributed by atoms with van der Waals surface area (Å²) in [5.74, 6) is 0. The van der Waals surface area contributed by atoms with E-state index in [-0.39, 0.29) is 0 Å². The average Bonchev–Trinajstić information content (AvgIpc) is 2.39. The van der Waals surface area contributed by atoms with Crippen molar-refractivity contribution in [2.45, 2.75) is 5.03 Å².